The zero-order valence-corrected chi connectivity index (χ0v) is 20.2. The highest BCUT2D eigenvalue weighted by molar-refractivity contribution is 7.99. The number of benzene rings is 2. The molecule has 0 bridgehead atoms. The van der Waals surface area contributed by atoms with Gasteiger partial charge in [-0.15, -0.1) is 10.2 Å². The van der Waals surface area contributed by atoms with E-state index < -0.39 is 0 Å². The van der Waals surface area contributed by atoms with Crippen LogP contribution in [0.1, 0.15) is 27.7 Å². The van der Waals surface area contributed by atoms with Crippen LogP contribution in [0.2, 0.25) is 0 Å². The quantitative estimate of drug-likeness (QED) is 0.437. The number of methoxy groups -OCH3 is 2. The molecule has 8 heteroatoms. The first-order valence-corrected chi connectivity index (χ1v) is 11.5. The van der Waals surface area contributed by atoms with Crippen molar-refractivity contribution < 1.29 is 14.3 Å². The summed E-state index contributed by atoms with van der Waals surface area (Å²) >= 11 is 1.38. The molecule has 0 saturated heterocycles. The van der Waals surface area contributed by atoms with Gasteiger partial charge in [0.2, 0.25) is 5.91 Å². The summed E-state index contributed by atoms with van der Waals surface area (Å²) < 4.78 is 12.8. The van der Waals surface area contributed by atoms with Gasteiger partial charge in [-0.25, -0.2) is 0 Å². The summed E-state index contributed by atoms with van der Waals surface area (Å²) in [6.07, 6.45) is 0. The molecule has 0 N–H and O–H groups in total. The Morgan fingerprint density at radius 3 is 2.22 bits per heavy atom. The molecule has 7 nitrogen and oxygen atoms in total. The third kappa shape index (κ3) is 5.07. The lowest BCUT2D eigenvalue weighted by molar-refractivity contribution is -0.131. The first kappa shape index (κ1) is 23.7. The van der Waals surface area contributed by atoms with Crippen molar-refractivity contribution in [1.82, 2.24) is 19.7 Å². The van der Waals surface area contributed by atoms with Crippen molar-refractivity contribution in [1.29, 1.82) is 0 Å². The van der Waals surface area contributed by atoms with Gasteiger partial charge < -0.3 is 14.4 Å². The van der Waals surface area contributed by atoms with Gasteiger partial charge in [0.1, 0.15) is 11.5 Å². The number of amides is 1. The Kier molecular flexibility index (Phi) is 7.80. The Morgan fingerprint density at radius 1 is 0.969 bits per heavy atom. The van der Waals surface area contributed by atoms with Gasteiger partial charge in [0.15, 0.2) is 11.0 Å². The summed E-state index contributed by atoms with van der Waals surface area (Å²) in [6.45, 7) is 8.12. The summed E-state index contributed by atoms with van der Waals surface area (Å²) in [6, 6.07) is 15.6. The minimum atomic E-state index is 0.0723. The van der Waals surface area contributed by atoms with E-state index in [-0.39, 0.29) is 23.7 Å². The van der Waals surface area contributed by atoms with Crippen LogP contribution >= 0.6 is 11.8 Å². The monoisotopic (exact) mass is 454 g/mol. The summed E-state index contributed by atoms with van der Waals surface area (Å²) in [5.41, 5.74) is 1.69. The normalized spacial score (nSPS) is 11.1. The fourth-order valence-electron chi connectivity index (χ4n) is 3.70. The molecule has 0 radical (unpaired) electrons. The minimum Gasteiger partial charge on any atom is -0.497 e. The van der Waals surface area contributed by atoms with Crippen molar-refractivity contribution in [3.63, 3.8) is 0 Å². The molecule has 2 aromatic carbocycles. The number of para-hydroxylation sites is 1. The maximum atomic E-state index is 12.9. The van der Waals surface area contributed by atoms with E-state index in [0.717, 1.165) is 17.0 Å². The van der Waals surface area contributed by atoms with Gasteiger partial charge in [-0.3, -0.25) is 9.36 Å². The van der Waals surface area contributed by atoms with Crippen LogP contribution in [0.5, 0.6) is 11.5 Å². The molecular formula is C24H30N4O3S. The number of hydrogen-bond acceptors (Lipinski definition) is 6. The molecule has 1 amide bonds. The van der Waals surface area contributed by atoms with Crippen LogP contribution in [0.25, 0.3) is 17.1 Å². The number of thioether (sulfide) groups is 1. The molecule has 0 unspecified atom stereocenters. The van der Waals surface area contributed by atoms with Crippen molar-refractivity contribution in [3.8, 4) is 28.6 Å². The van der Waals surface area contributed by atoms with E-state index in [1.165, 1.54) is 11.8 Å². The van der Waals surface area contributed by atoms with Gasteiger partial charge in [-0.2, -0.15) is 0 Å². The van der Waals surface area contributed by atoms with Crippen molar-refractivity contribution >= 4 is 17.7 Å². The van der Waals surface area contributed by atoms with Crippen LogP contribution in [-0.4, -0.2) is 57.6 Å². The number of rotatable bonds is 9. The maximum Gasteiger partial charge on any atom is 0.233 e. The smallest absolute Gasteiger partial charge is 0.233 e. The van der Waals surface area contributed by atoms with Gasteiger partial charge >= 0.3 is 0 Å². The predicted molar refractivity (Wildman–Crippen MR) is 128 cm³/mol. The Hall–Kier alpha value is -3.00. The van der Waals surface area contributed by atoms with Crippen LogP contribution in [0, 0.1) is 0 Å². The van der Waals surface area contributed by atoms with Crippen molar-refractivity contribution in [2.45, 2.75) is 44.9 Å². The van der Waals surface area contributed by atoms with Crippen LogP contribution in [0.4, 0.5) is 0 Å². The van der Waals surface area contributed by atoms with Crippen LogP contribution in [0.3, 0.4) is 0 Å². The SMILES string of the molecule is COc1ccc(-n2c(SCC(=O)N(C(C)C)C(C)C)nnc2-c2ccccc2OC)cc1. The molecule has 1 aromatic heterocycles. The van der Waals surface area contributed by atoms with Crippen molar-refractivity contribution in [2.24, 2.45) is 0 Å². The summed E-state index contributed by atoms with van der Waals surface area (Å²) in [7, 11) is 3.27. The molecule has 0 aliphatic heterocycles. The highest BCUT2D eigenvalue weighted by Gasteiger charge is 2.23. The third-order valence-electron chi connectivity index (χ3n) is 5.04. The average Bonchev–Trinajstić information content (AvgIpc) is 3.21. The molecule has 170 valence electrons. The number of nitrogens with zero attached hydrogens (tertiary/aromatic N) is 4. The lowest BCUT2D eigenvalue weighted by Crippen LogP contribution is -2.43. The zero-order chi connectivity index (χ0) is 23.3. The van der Waals surface area contributed by atoms with E-state index in [2.05, 4.69) is 10.2 Å². The van der Waals surface area contributed by atoms with E-state index in [1.54, 1.807) is 14.2 Å². The van der Waals surface area contributed by atoms with Crippen LogP contribution < -0.4 is 9.47 Å². The van der Waals surface area contributed by atoms with Gasteiger partial charge in [0.05, 0.1) is 31.2 Å². The predicted octanol–water partition coefficient (Wildman–Crippen LogP) is 4.69. The molecular weight excluding hydrogens is 424 g/mol. The second-order valence-corrected chi connectivity index (χ2v) is 8.76. The average molecular weight is 455 g/mol. The van der Waals surface area contributed by atoms with Crippen LogP contribution in [0.15, 0.2) is 53.7 Å². The van der Waals surface area contributed by atoms with Gasteiger partial charge in [0.25, 0.3) is 0 Å². The number of carbonyl (C=O) groups is 1. The van der Waals surface area contributed by atoms with E-state index in [4.69, 9.17) is 9.47 Å². The lowest BCUT2D eigenvalue weighted by atomic mass is 10.2. The maximum absolute atomic E-state index is 12.9. The van der Waals surface area contributed by atoms with E-state index in [1.807, 2.05) is 85.7 Å². The third-order valence-corrected chi connectivity index (χ3v) is 5.95. The highest BCUT2D eigenvalue weighted by Crippen LogP contribution is 2.33. The number of ether oxygens (including phenoxy) is 2. The second-order valence-electron chi connectivity index (χ2n) is 7.82. The second kappa shape index (κ2) is 10.5. The largest absolute Gasteiger partial charge is 0.497 e. The van der Waals surface area contributed by atoms with Gasteiger partial charge in [-0.05, 0) is 64.1 Å². The first-order chi connectivity index (χ1) is 15.4. The fourth-order valence-corrected chi connectivity index (χ4v) is 4.53. The number of aromatic nitrogens is 3. The molecule has 0 aliphatic rings. The summed E-state index contributed by atoms with van der Waals surface area (Å²) in [5, 5.41) is 9.53. The van der Waals surface area contributed by atoms with E-state index in [0.29, 0.717) is 16.7 Å². The molecule has 3 rings (SSSR count). The Bertz CT molecular complexity index is 1040. The molecule has 3 aromatic rings. The Balaban J connectivity index is 2.01. The van der Waals surface area contributed by atoms with E-state index >= 15 is 0 Å². The number of hydrogen-bond donors (Lipinski definition) is 0. The first-order valence-electron chi connectivity index (χ1n) is 10.5. The topological polar surface area (TPSA) is 69.5 Å². The molecule has 0 atom stereocenters. The summed E-state index contributed by atoms with van der Waals surface area (Å²) in [4.78, 5) is 14.8. The van der Waals surface area contributed by atoms with Gasteiger partial charge in [0, 0.05) is 12.1 Å². The Morgan fingerprint density at radius 2 is 1.62 bits per heavy atom. The lowest BCUT2D eigenvalue weighted by Gasteiger charge is -2.30. The van der Waals surface area contributed by atoms with Crippen molar-refractivity contribution in [3.05, 3.63) is 48.5 Å². The molecule has 0 spiro atoms. The van der Waals surface area contributed by atoms with Gasteiger partial charge in [-0.1, -0.05) is 23.9 Å². The van der Waals surface area contributed by atoms with E-state index in [9.17, 15) is 4.79 Å². The molecule has 0 saturated carbocycles. The molecule has 32 heavy (non-hydrogen) atoms. The minimum absolute atomic E-state index is 0.0723. The highest BCUT2D eigenvalue weighted by atomic mass is 32.2. The summed E-state index contributed by atoms with van der Waals surface area (Å²) in [5.74, 6) is 2.45. The van der Waals surface area contributed by atoms with Crippen LogP contribution in [-0.2, 0) is 4.79 Å². The zero-order valence-electron chi connectivity index (χ0n) is 19.4. The Labute approximate surface area is 193 Å². The fraction of sp³-hybridized carbons (Fsp3) is 0.375. The standard InChI is InChI=1S/C24H30N4O3S/c1-16(2)27(17(3)4)22(29)15-32-24-26-25-23(20-9-7-8-10-21(20)31-6)28(24)18-11-13-19(30-5)14-12-18/h7-14,16-17H,15H2,1-6H3. The van der Waals surface area contributed by atoms with Crippen molar-refractivity contribution in [2.75, 3.05) is 20.0 Å². The molecule has 0 aliphatic carbocycles. The molecule has 1 heterocycles. The molecule has 0 fully saturated rings. The number of carbonyl (C=O) groups excluding carboxylic acids is 1.